The average Bonchev–Trinajstić information content (AvgIpc) is 2.46. The first-order valence-corrected chi connectivity index (χ1v) is 5.76. The van der Waals surface area contributed by atoms with Crippen LogP contribution in [-0.2, 0) is 0 Å². The molecule has 6 heteroatoms. The van der Waals surface area contributed by atoms with Crippen LogP contribution in [0.2, 0.25) is 0 Å². The lowest BCUT2D eigenvalue weighted by atomic mass is 10.0. The number of nitrogens with one attached hydrogen (secondary N) is 1. The van der Waals surface area contributed by atoms with Gasteiger partial charge >= 0.3 is 0 Å². The van der Waals surface area contributed by atoms with Crippen LogP contribution in [0.25, 0.3) is 0 Å². The first-order chi connectivity index (χ1) is 8.99. The molecule has 6 nitrogen and oxygen atoms in total. The second kappa shape index (κ2) is 6.40. The molecule has 106 valence electrons. The van der Waals surface area contributed by atoms with E-state index in [2.05, 4.69) is 5.32 Å². The number of hydrogen-bond donors (Lipinski definition) is 3. The molecule has 1 amide bonds. The highest BCUT2D eigenvalue weighted by Crippen LogP contribution is 2.27. The number of carbonyl (C=O) groups is 1. The molecule has 1 rings (SSSR count). The van der Waals surface area contributed by atoms with Gasteiger partial charge in [0.2, 0.25) is 0 Å². The summed E-state index contributed by atoms with van der Waals surface area (Å²) in [5.41, 5.74) is -0.713. The maximum absolute atomic E-state index is 12.0. The molecule has 0 spiro atoms. The van der Waals surface area contributed by atoms with Gasteiger partial charge in [0.15, 0.2) is 11.5 Å². The van der Waals surface area contributed by atoms with Crippen LogP contribution in [0.3, 0.4) is 0 Å². The SMILES string of the molecule is COc1ccc(C(=O)NC(C)(CO)CO)cc1OC. The highest BCUT2D eigenvalue weighted by atomic mass is 16.5. The van der Waals surface area contributed by atoms with Gasteiger partial charge in [-0.25, -0.2) is 0 Å². The Morgan fingerprint density at radius 1 is 1.21 bits per heavy atom. The van der Waals surface area contributed by atoms with Crippen molar-refractivity contribution in [2.24, 2.45) is 0 Å². The van der Waals surface area contributed by atoms with E-state index in [9.17, 15) is 4.79 Å². The van der Waals surface area contributed by atoms with E-state index in [0.717, 1.165) is 0 Å². The van der Waals surface area contributed by atoms with Gasteiger partial charge in [0.25, 0.3) is 5.91 Å². The van der Waals surface area contributed by atoms with E-state index in [1.807, 2.05) is 0 Å². The van der Waals surface area contributed by atoms with E-state index in [1.165, 1.54) is 20.3 Å². The molecule has 0 bridgehead atoms. The molecule has 1 aromatic carbocycles. The number of ether oxygens (including phenoxy) is 2. The van der Waals surface area contributed by atoms with E-state index in [1.54, 1.807) is 19.1 Å². The number of methoxy groups -OCH3 is 2. The Morgan fingerprint density at radius 3 is 2.26 bits per heavy atom. The molecular formula is C13H19NO5. The van der Waals surface area contributed by atoms with Crippen molar-refractivity contribution in [3.8, 4) is 11.5 Å². The predicted octanol–water partition coefficient (Wildman–Crippen LogP) is 0.177. The van der Waals surface area contributed by atoms with Gasteiger partial charge in [0, 0.05) is 5.56 Å². The minimum absolute atomic E-state index is 0.353. The fourth-order valence-corrected chi connectivity index (χ4v) is 1.45. The lowest BCUT2D eigenvalue weighted by Crippen LogP contribution is -2.51. The van der Waals surface area contributed by atoms with Crippen molar-refractivity contribution >= 4 is 5.91 Å². The second-order valence-electron chi connectivity index (χ2n) is 4.40. The summed E-state index contributed by atoms with van der Waals surface area (Å²) in [6, 6.07) is 4.72. The first kappa shape index (κ1) is 15.3. The van der Waals surface area contributed by atoms with Gasteiger partial charge in [0.1, 0.15) is 0 Å². The lowest BCUT2D eigenvalue weighted by Gasteiger charge is -2.26. The number of carbonyl (C=O) groups excluding carboxylic acids is 1. The fourth-order valence-electron chi connectivity index (χ4n) is 1.45. The van der Waals surface area contributed by atoms with E-state index in [0.29, 0.717) is 17.1 Å². The van der Waals surface area contributed by atoms with Crippen molar-refractivity contribution in [1.82, 2.24) is 5.32 Å². The molecule has 0 radical (unpaired) electrons. The second-order valence-corrected chi connectivity index (χ2v) is 4.40. The van der Waals surface area contributed by atoms with E-state index >= 15 is 0 Å². The molecule has 0 aliphatic carbocycles. The molecule has 0 aliphatic rings. The monoisotopic (exact) mass is 269 g/mol. The average molecular weight is 269 g/mol. The molecule has 3 N–H and O–H groups in total. The zero-order valence-corrected chi connectivity index (χ0v) is 11.3. The lowest BCUT2D eigenvalue weighted by molar-refractivity contribution is 0.0723. The van der Waals surface area contributed by atoms with Gasteiger partial charge in [-0.3, -0.25) is 4.79 Å². The molecule has 0 aromatic heterocycles. The first-order valence-electron chi connectivity index (χ1n) is 5.76. The number of aliphatic hydroxyl groups excluding tert-OH is 2. The van der Waals surface area contributed by atoms with Crippen LogP contribution in [0.5, 0.6) is 11.5 Å². The molecule has 0 aliphatic heterocycles. The summed E-state index contributed by atoms with van der Waals surface area (Å²) >= 11 is 0. The number of benzene rings is 1. The van der Waals surface area contributed by atoms with Crippen LogP contribution in [-0.4, -0.2) is 49.1 Å². The van der Waals surface area contributed by atoms with Gasteiger partial charge in [-0.15, -0.1) is 0 Å². The van der Waals surface area contributed by atoms with Gasteiger partial charge in [-0.1, -0.05) is 0 Å². The number of aliphatic hydroxyl groups is 2. The summed E-state index contributed by atoms with van der Waals surface area (Å²) in [5, 5.41) is 20.9. The molecule has 0 heterocycles. The number of rotatable bonds is 6. The van der Waals surface area contributed by atoms with Crippen LogP contribution in [0, 0.1) is 0 Å². The Labute approximate surface area is 112 Å². The van der Waals surface area contributed by atoms with Gasteiger partial charge in [-0.2, -0.15) is 0 Å². The minimum Gasteiger partial charge on any atom is -0.493 e. The van der Waals surface area contributed by atoms with Crippen LogP contribution in [0.1, 0.15) is 17.3 Å². The van der Waals surface area contributed by atoms with Crippen LogP contribution in [0.4, 0.5) is 0 Å². The van der Waals surface area contributed by atoms with Gasteiger partial charge < -0.3 is 25.0 Å². The molecule has 0 saturated carbocycles. The predicted molar refractivity (Wildman–Crippen MR) is 69.6 cm³/mol. The third-order valence-electron chi connectivity index (χ3n) is 2.76. The van der Waals surface area contributed by atoms with E-state index in [4.69, 9.17) is 19.7 Å². The topological polar surface area (TPSA) is 88.0 Å². The summed E-state index contributed by atoms with van der Waals surface area (Å²) in [4.78, 5) is 12.0. The van der Waals surface area contributed by atoms with Crippen molar-refractivity contribution < 1.29 is 24.5 Å². The Hall–Kier alpha value is -1.79. The summed E-state index contributed by atoms with van der Waals surface area (Å²) in [6.07, 6.45) is 0. The summed E-state index contributed by atoms with van der Waals surface area (Å²) in [7, 11) is 2.98. The molecule has 0 unspecified atom stereocenters. The van der Waals surface area contributed by atoms with Gasteiger partial charge in [-0.05, 0) is 25.1 Å². The fraction of sp³-hybridized carbons (Fsp3) is 0.462. The summed E-state index contributed by atoms with van der Waals surface area (Å²) in [6.45, 7) is 0.830. The van der Waals surface area contributed by atoms with Crippen molar-refractivity contribution in [2.75, 3.05) is 27.4 Å². The summed E-state index contributed by atoms with van der Waals surface area (Å²) < 4.78 is 10.2. The highest BCUT2D eigenvalue weighted by molar-refractivity contribution is 5.95. The zero-order valence-electron chi connectivity index (χ0n) is 11.3. The maximum atomic E-state index is 12.0. The van der Waals surface area contributed by atoms with E-state index < -0.39 is 11.4 Å². The Kier molecular flexibility index (Phi) is 5.14. The molecular weight excluding hydrogens is 250 g/mol. The maximum Gasteiger partial charge on any atom is 0.252 e. The van der Waals surface area contributed by atoms with Crippen molar-refractivity contribution in [1.29, 1.82) is 0 Å². The molecule has 0 fully saturated rings. The Balaban J connectivity index is 2.94. The third-order valence-corrected chi connectivity index (χ3v) is 2.76. The molecule has 0 saturated heterocycles. The quantitative estimate of drug-likeness (QED) is 0.685. The number of hydrogen-bond acceptors (Lipinski definition) is 5. The van der Waals surface area contributed by atoms with Crippen LogP contribution in [0.15, 0.2) is 18.2 Å². The normalized spacial score (nSPS) is 11.0. The molecule has 1 aromatic rings. The highest BCUT2D eigenvalue weighted by Gasteiger charge is 2.25. The van der Waals surface area contributed by atoms with Crippen molar-refractivity contribution in [3.63, 3.8) is 0 Å². The summed E-state index contributed by atoms with van der Waals surface area (Å²) in [5.74, 6) is 0.544. The minimum atomic E-state index is -1.07. The van der Waals surface area contributed by atoms with Crippen molar-refractivity contribution in [3.05, 3.63) is 23.8 Å². The van der Waals surface area contributed by atoms with Crippen LogP contribution >= 0.6 is 0 Å². The van der Waals surface area contributed by atoms with Crippen LogP contribution < -0.4 is 14.8 Å². The third kappa shape index (κ3) is 3.59. The molecule has 19 heavy (non-hydrogen) atoms. The van der Waals surface area contributed by atoms with Crippen molar-refractivity contribution in [2.45, 2.75) is 12.5 Å². The molecule has 0 atom stereocenters. The Morgan fingerprint density at radius 2 is 1.79 bits per heavy atom. The number of amides is 1. The Bertz CT molecular complexity index is 443. The smallest absolute Gasteiger partial charge is 0.252 e. The zero-order chi connectivity index (χ0) is 14.5. The van der Waals surface area contributed by atoms with E-state index in [-0.39, 0.29) is 13.2 Å². The standard InChI is InChI=1S/C13H19NO5/c1-13(7-15,8-16)14-12(17)9-4-5-10(18-2)11(6-9)19-3/h4-6,15-16H,7-8H2,1-3H3,(H,14,17). The largest absolute Gasteiger partial charge is 0.493 e. The van der Waals surface area contributed by atoms with Gasteiger partial charge in [0.05, 0.1) is 33.0 Å².